The summed E-state index contributed by atoms with van der Waals surface area (Å²) in [5.41, 5.74) is 1.24. The van der Waals surface area contributed by atoms with E-state index in [1.807, 2.05) is 0 Å². The van der Waals surface area contributed by atoms with Crippen LogP contribution in [0.1, 0.15) is 36.5 Å². The lowest BCUT2D eigenvalue weighted by molar-refractivity contribution is 0.252. The van der Waals surface area contributed by atoms with Crippen LogP contribution < -0.4 is 0 Å². The minimum absolute atomic E-state index is 0.611. The average molecular weight is 373 g/mol. The molecule has 0 radical (unpaired) electrons. The molecule has 1 aliphatic carbocycles. The number of nitrogens with zero attached hydrogens (tertiary/aromatic N) is 4. The SMILES string of the molecule is CN(C)CCN(C)CCCN(C)Cc1c(Br)noc1C1CC1. The van der Waals surface area contributed by atoms with Crippen LogP contribution >= 0.6 is 15.9 Å². The van der Waals surface area contributed by atoms with E-state index in [-0.39, 0.29) is 0 Å². The molecule has 0 amide bonds. The van der Waals surface area contributed by atoms with Gasteiger partial charge in [-0.3, -0.25) is 0 Å². The van der Waals surface area contributed by atoms with Crippen molar-refractivity contribution in [3.8, 4) is 0 Å². The Kier molecular flexibility index (Phi) is 6.87. The van der Waals surface area contributed by atoms with Crippen LogP contribution in [0, 0.1) is 0 Å². The first-order chi connectivity index (χ1) is 10.5. The molecule has 6 heteroatoms. The Bertz CT molecular complexity index is 459. The second-order valence-corrected chi connectivity index (χ2v) is 7.54. The van der Waals surface area contributed by atoms with E-state index < -0.39 is 0 Å². The number of halogens is 1. The van der Waals surface area contributed by atoms with E-state index >= 15 is 0 Å². The summed E-state index contributed by atoms with van der Waals surface area (Å²) in [5, 5.41) is 4.08. The zero-order valence-electron chi connectivity index (χ0n) is 14.3. The van der Waals surface area contributed by atoms with Crippen LogP contribution in [0.2, 0.25) is 0 Å². The fraction of sp³-hybridized carbons (Fsp3) is 0.812. The van der Waals surface area contributed by atoms with E-state index in [0.29, 0.717) is 5.92 Å². The molecular formula is C16H29BrN4O. The Labute approximate surface area is 142 Å². The first-order valence-electron chi connectivity index (χ1n) is 8.13. The average Bonchev–Trinajstić information content (AvgIpc) is 3.23. The van der Waals surface area contributed by atoms with Gasteiger partial charge in [-0.2, -0.15) is 0 Å². The van der Waals surface area contributed by atoms with Crippen molar-refractivity contribution < 1.29 is 4.52 Å². The summed E-state index contributed by atoms with van der Waals surface area (Å²) in [6, 6.07) is 0. The first-order valence-corrected chi connectivity index (χ1v) is 8.92. The van der Waals surface area contributed by atoms with Crippen LogP contribution in [-0.2, 0) is 6.54 Å². The molecule has 1 aromatic rings. The lowest BCUT2D eigenvalue weighted by Gasteiger charge is -2.21. The molecule has 1 aliphatic rings. The summed E-state index contributed by atoms with van der Waals surface area (Å²) in [6.07, 6.45) is 3.67. The fourth-order valence-electron chi connectivity index (χ4n) is 2.55. The molecule has 5 nitrogen and oxygen atoms in total. The molecule has 0 atom stereocenters. The molecule has 0 bridgehead atoms. The van der Waals surface area contributed by atoms with Crippen molar-refractivity contribution in [3.05, 3.63) is 15.9 Å². The predicted molar refractivity (Wildman–Crippen MR) is 93.2 cm³/mol. The predicted octanol–water partition coefficient (Wildman–Crippen LogP) is 2.63. The van der Waals surface area contributed by atoms with Crippen LogP contribution in [0.15, 0.2) is 9.13 Å². The van der Waals surface area contributed by atoms with Crippen molar-refractivity contribution in [1.29, 1.82) is 0 Å². The van der Waals surface area contributed by atoms with Crippen LogP contribution in [0.5, 0.6) is 0 Å². The van der Waals surface area contributed by atoms with Gasteiger partial charge >= 0.3 is 0 Å². The number of aromatic nitrogens is 1. The monoisotopic (exact) mass is 372 g/mol. The zero-order chi connectivity index (χ0) is 16.1. The number of hydrogen-bond donors (Lipinski definition) is 0. The Morgan fingerprint density at radius 3 is 2.36 bits per heavy atom. The van der Waals surface area contributed by atoms with E-state index in [1.165, 1.54) is 24.8 Å². The van der Waals surface area contributed by atoms with Gasteiger partial charge < -0.3 is 19.2 Å². The van der Waals surface area contributed by atoms with Gasteiger partial charge in [-0.05, 0) is 76.5 Å². The molecule has 2 rings (SSSR count). The highest BCUT2D eigenvalue weighted by Gasteiger charge is 2.32. The number of rotatable bonds is 10. The maximum atomic E-state index is 5.48. The third-order valence-electron chi connectivity index (χ3n) is 4.16. The first kappa shape index (κ1) is 17.9. The van der Waals surface area contributed by atoms with Crippen LogP contribution in [0.3, 0.4) is 0 Å². The topological polar surface area (TPSA) is 35.8 Å². The highest BCUT2D eigenvalue weighted by atomic mass is 79.9. The zero-order valence-corrected chi connectivity index (χ0v) is 15.9. The molecule has 1 heterocycles. The van der Waals surface area contributed by atoms with Crippen LogP contribution in [-0.4, -0.2) is 74.2 Å². The minimum atomic E-state index is 0.611. The van der Waals surface area contributed by atoms with Crippen molar-refractivity contribution in [2.75, 3.05) is 54.4 Å². The normalized spacial score (nSPS) is 15.5. The molecule has 0 spiro atoms. The van der Waals surface area contributed by atoms with Crippen molar-refractivity contribution in [2.45, 2.75) is 31.7 Å². The third-order valence-corrected chi connectivity index (χ3v) is 4.78. The molecule has 1 aromatic heterocycles. The highest BCUT2D eigenvalue weighted by molar-refractivity contribution is 9.10. The van der Waals surface area contributed by atoms with Gasteiger partial charge in [-0.25, -0.2) is 0 Å². The Balaban J connectivity index is 1.70. The van der Waals surface area contributed by atoms with Gasteiger partial charge in [0.15, 0.2) is 4.60 Å². The molecule has 1 fully saturated rings. The van der Waals surface area contributed by atoms with Gasteiger partial charge in [-0.1, -0.05) is 5.16 Å². The van der Waals surface area contributed by atoms with Gasteiger partial charge in [0.05, 0.1) is 0 Å². The molecular weight excluding hydrogens is 344 g/mol. The van der Waals surface area contributed by atoms with Crippen molar-refractivity contribution >= 4 is 15.9 Å². The van der Waals surface area contributed by atoms with Gasteiger partial charge in [0, 0.05) is 31.1 Å². The fourth-order valence-corrected chi connectivity index (χ4v) is 2.95. The van der Waals surface area contributed by atoms with Crippen molar-refractivity contribution in [1.82, 2.24) is 19.9 Å². The molecule has 0 saturated heterocycles. The summed E-state index contributed by atoms with van der Waals surface area (Å²) in [7, 11) is 8.62. The molecule has 22 heavy (non-hydrogen) atoms. The minimum Gasteiger partial charge on any atom is -0.360 e. The lowest BCUT2D eigenvalue weighted by Crippen LogP contribution is -2.31. The summed E-state index contributed by atoms with van der Waals surface area (Å²) >= 11 is 3.52. The van der Waals surface area contributed by atoms with Crippen molar-refractivity contribution in [2.24, 2.45) is 0 Å². The van der Waals surface area contributed by atoms with Gasteiger partial charge in [0.25, 0.3) is 0 Å². The highest BCUT2D eigenvalue weighted by Crippen LogP contribution is 2.43. The Hall–Kier alpha value is -0.430. The molecule has 1 saturated carbocycles. The maximum absolute atomic E-state index is 5.48. The summed E-state index contributed by atoms with van der Waals surface area (Å²) in [5.74, 6) is 1.71. The molecule has 0 aliphatic heterocycles. The van der Waals surface area contributed by atoms with Gasteiger partial charge in [-0.15, -0.1) is 0 Å². The molecule has 0 N–H and O–H groups in total. The Morgan fingerprint density at radius 1 is 1.05 bits per heavy atom. The summed E-state index contributed by atoms with van der Waals surface area (Å²) in [6.45, 7) is 5.38. The second-order valence-electron chi connectivity index (χ2n) is 6.79. The van der Waals surface area contributed by atoms with Crippen LogP contribution in [0.4, 0.5) is 0 Å². The molecule has 0 unspecified atom stereocenters. The van der Waals surface area contributed by atoms with Crippen molar-refractivity contribution in [3.63, 3.8) is 0 Å². The molecule has 0 aromatic carbocycles. The van der Waals surface area contributed by atoms with E-state index in [4.69, 9.17) is 4.52 Å². The largest absolute Gasteiger partial charge is 0.360 e. The Morgan fingerprint density at radius 2 is 1.73 bits per heavy atom. The smallest absolute Gasteiger partial charge is 0.153 e. The van der Waals surface area contributed by atoms with E-state index in [1.54, 1.807) is 0 Å². The summed E-state index contributed by atoms with van der Waals surface area (Å²) < 4.78 is 6.36. The van der Waals surface area contributed by atoms with E-state index in [2.05, 4.69) is 64.0 Å². The quantitative estimate of drug-likeness (QED) is 0.630. The van der Waals surface area contributed by atoms with E-state index in [9.17, 15) is 0 Å². The lowest BCUT2D eigenvalue weighted by atomic mass is 10.2. The third kappa shape index (κ3) is 5.65. The second kappa shape index (κ2) is 8.43. The number of likely N-dealkylation sites (N-methyl/N-ethyl adjacent to an activating group) is 2. The standard InChI is InChI=1S/C16H29BrN4O/c1-19(2)10-11-20(3)8-5-9-21(4)12-14-15(13-6-7-13)22-18-16(14)17/h13H,5-12H2,1-4H3. The van der Waals surface area contributed by atoms with Gasteiger partial charge in [0.1, 0.15) is 5.76 Å². The molecule has 126 valence electrons. The van der Waals surface area contributed by atoms with Gasteiger partial charge in [0.2, 0.25) is 0 Å². The summed E-state index contributed by atoms with van der Waals surface area (Å²) in [4.78, 5) is 6.99. The number of hydrogen-bond acceptors (Lipinski definition) is 5. The van der Waals surface area contributed by atoms with E-state index in [0.717, 1.165) is 43.1 Å². The van der Waals surface area contributed by atoms with Crippen LogP contribution in [0.25, 0.3) is 0 Å². The maximum Gasteiger partial charge on any atom is 0.153 e.